The molecule has 0 aliphatic heterocycles. The van der Waals surface area contributed by atoms with Crippen LogP contribution in [-0.4, -0.2) is 13.1 Å². The van der Waals surface area contributed by atoms with Crippen molar-refractivity contribution < 1.29 is 0 Å². The Kier molecular flexibility index (Phi) is 6.18. The first-order valence-electron chi connectivity index (χ1n) is 5.78. The van der Waals surface area contributed by atoms with Crippen LogP contribution in [0.3, 0.4) is 0 Å². The minimum absolute atomic E-state index is 0.631. The zero-order valence-electron chi connectivity index (χ0n) is 9.89. The van der Waals surface area contributed by atoms with Gasteiger partial charge < -0.3 is 5.32 Å². The topological polar surface area (TPSA) is 12.0 Å². The molecule has 1 atom stereocenters. The highest BCUT2D eigenvalue weighted by Gasteiger charge is 2.03. The molecule has 1 nitrogen and oxygen atoms in total. The predicted molar refractivity (Wildman–Crippen MR) is 72.5 cm³/mol. The van der Waals surface area contributed by atoms with Crippen LogP contribution in [0.25, 0.3) is 0 Å². The van der Waals surface area contributed by atoms with Gasteiger partial charge in [0.1, 0.15) is 0 Å². The summed E-state index contributed by atoms with van der Waals surface area (Å²) in [4.78, 5) is 0. The maximum atomic E-state index is 5.97. The summed E-state index contributed by atoms with van der Waals surface area (Å²) < 4.78 is 0. The van der Waals surface area contributed by atoms with Gasteiger partial charge in [0.25, 0.3) is 0 Å². The van der Waals surface area contributed by atoms with Crippen LogP contribution in [0, 0.1) is 5.92 Å². The molecule has 0 saturated heterocycles. The van der Waals surface area contributed by atoms with Crippen LogP contribution >= 0.6 is 23.2 Å². The molecule has 0 radical (unpaired) electrons. The Hall–Kier alpha value is -0.240. The van der Waals surface area contributed by atoms with Gasteiger partial charge in [0.2, 0.25) is 0 Å². The van der Waals surface area contributed by atoms with Gasteiger partial charge in [-0.2, -0.15) is 0 Å². The second-order valence-electron chi connectivity index (χ2n) is 4.20. The quantitative estimate of drug-likeness (QED) is 0.809. The van der Waals surface area contributed by atoms with E-state index in [9.17, 15) is 0 Å². The molecule has 0 fully saturated rings. The molecule has 0 aliphatic rings. The second kappa shape index (κ2) is 7.16. The molecule has 1 N–H and O–H groups in total. The molecule has 0 aromatic heterocycles. The Morgan fingerprint density at radius 1 is 1.25 bits per heavy atom. The van der Waals surface area contributed by atoms with Gasteiger partial charge >= 0.3 is 0 Å². The molecular formula is C13H19Cl2N. The Balaban J connectivity index is 2.39. The van der Waals surface area contributed by atoms with Crippen molar-refractivity contribution in [3.8, 4) is 0 Å². The summed E-state index contributed by atoms with van der Waals surface area (Å²) in [6.45, 7) is 6.51. The molecule has 0 bridgehead atoms. The van der Waals surface area contributed by atoms with Gasteiger partial charge in [0, 0.05) is 0 Å². The second-order valence-corrected chi connectivity index (χ2v) is 5.01. The summed E-state index contributed by atoms with van der Waals surface area (Å²) in [6.07, 6.45) is 2.23. The van der Waals surface area contributed by atoms with Crippen LogP contribution in [0.5, 0.6) is 0 Å². The average Bonchev–Trinajstić information content (AvgIpc) is 2.28. The Bertz CT molecular complexity index is 326. The molecule has 0 saturated carbocycles. The van der Waals surface area contributed by atoms with Crippen LogP contribution < -0.4 is 5.32 Å². The zero-order valence-corrected chi connectivity index (χ0v) is 11.4. The smallest absolute Gasteiger partial charge is 0.0595 e. The Morgan fingerprint density at radius 3 is 2.62 bits per heavy atom. The molecule has 0 heterocycles. The van der Waals surface area contributed by atoms with E-state index in [0.29, 0.717) is 16.0 Å². The summed E-state index contributed by atoms with van der Waals surface area (Å²) in [7, 11) is 0. The van der Waals surface area contributed by atoms with Crippen molar-refractivity contribution in [1.82, 2.24) is 5.32 Å². The van der Waals surface area contributed by atoms with E-state index in [4.69, 9.17) is 23.2 Å². The highest BCUT2D eigenvalue weighted by Crippen LogP contribution is 2.23. The maximum absolute atomic E-state index is 5.97. The highest BCUT2D eigenvalue weighted by atomic mass is 35.5. The van der Waals surface area contributed by atoms with E-state index < -0.39 is 0 Å². The van der Waals surface area contributed by atoms with E-state index in [1.54, 1.807) is 0 Å². The van der Waals surface area contributed by atoms with Crippen LogP contribution in [0.2, 0.25) is 10.0 Å². The molecule has 0 spiro atoms. The van der Waals surface area contributed by atoms with Crippen LogP contribution in [0.15, 0.2) is 18.2 Å². The van der Waals surface area contributed by atoms with Gasteiger partial charge in [-0.3, -0.25) is 0 Å². The molecular weight excluding hydrogens is 241 g/mol. The van der Waals surface area contributed by atoms with Crippen molar-refractivity contribution in [2.45, 2.75) is 26.7 Å². The molecule has 0 amide bonds. The first-order chi connectivity index (χ1) is 7.63. The van der Waals surface area contributed by atoms with E-state index in [-0.39, 0.29) is 0 Å². The fraction of sp³-hybridized carbons (Fsp3) is 0.538. The van der Waals surface area contributed by atoms with Crippen LogP contribution in [-0.2, 0) is 6.42 Å². The predicted octanol–water partition coefficient (Wildman–Crippen LogP) is 4.17. The lowest BCUT2D eigenvalue weighted by Crippen LogP contribution is -2.20. The van der Waals surface area contributed by atoms with E-state index in [1.807, 2.05) is 18.2 Å². The summed E-state index contributed by atoms with van der Waals surface area (Å²) in [5.41, 5.74) is 1.26. The van der Waals surface area contributed by atoms with Crippen molar-refractivity contribution >= 4 is 23.2 Å². The molecule has 1 aromatic carbocycles. The Morgan fingerprint density at radius 2 is 2.00 bits per heavy atom. The SMILES string of the molecule is CCNCC(C)CCc1ccc(Cl)c(Cl)c1. The molecule has 3 heteroatoms. The van der Waals surface area contributed by atoms with Crippen molar-refractivity contribution in [2.24, 2.45) is 5.92 Å². The first-order valence-corrected chi connectivity index (χ1v) is 6.53. The van der Waals surface area contributed by atoms with Gasteiger partial charge in [-0.15, -0.1) is 0 Å². The normalized spacial score (nSPS) is 12.8. The maximum Gasteiger partial charge on any atom is 0.0595 e. The largest absolute Gasteiger partial charge is 0.317 e. The number of benzene rings is 1. The standard InChI is InChI=1S/C13H19Cl2N/c1-3-16-9-10(2)4-5-11-6-7-12(14)13(15)8-11/h6-8,10,16H,3-5,9H2,1-2H3. The lowest BCUT2D eigenvalue weighted by Gasteiger charge is -2.11. The summed E-state index contributed by atoms with van der Waals surface area (Å²) >= 11 is 11.8. The van der Waals surface area contributed by atoms with Crippen molar-refractivity contribution in [3.05, 3.63) is 33.8 Å². The Labute approximate surface area is 108 Å². The molecule has 1 rings (SSSR count). The summed E-state index contributed by atoms with van der Waals surface area (Å²) in [5, 5.41) is 4.64. The molecule has 90 valence electrons. The third-order valence-electron chi connectivity index (χ3n) is 2.65. The van der Waals surface area contributed by atoms with Gasteiger partial charge in [-0.25, -0.2) is 0 Å². The van der Waals surface area contributed by atoms with Gasteiger partial charge in [0.05, 0.1) is 10.0 Å². The third-order valence-corrected chi connectivity index (χ3v) is 3.39. The van der Waals surface area contributed by atoms with Crippen molar-refractivity contribution in [2.75, 3.05) is 13.1 Å². The van der Waals surface area contributed by atoms with E-state index in [2.05, 4.69) is 19.2 Å². The van der Waals surface area contributed by atoms with E-state index in [1.165, 1.54) is 12.0 Å². The third kappa shape index (κ3) is 4.73. The van der Waals surface area contributed by atoms with Crippen LogP contribution in [0.1, 0.15) is 25.8 Å². The van der Waals surface area contributed by atoms with E-state index in [0.717, 1.165) is 19.5 Å². The van der Waals surface area contributed by atoms with Crippen molar-refractivity contribution in [1.29, 1.82) is 0 Å². The van der Waals surface area contributed by atoms with Gasteiger partial charge in [-0.1, -0.05) is 43.1 Å². The minimum atomic E-state index is 0.631. The van der Waals surface area contributed by atoms with E-state index >= 15 is 0 Å². The molecule has 0 aliphatic carbocycles. The van der Waals surface area contributed by atoms with Crippen LogP contribution in [0.4, 0.5) is 0 Å². The summed E-state index contributed by atoms with van der Waals surface area (Å²) in [5.74, 6) is 0.689. The lowest BCUT2D eigenvalue weighted by molar-refractivity contribution is 0.489. The highest BCUT2D eigenvalue weighted by molar-refractivity contribution is 6.42. The minimum Gasteiger partial charge on any atom is -0.317 e. The lowest BCUT2D eigenvalue weighted by atomic mass is 10.0. The average molecular weight is 260 g/mol. The number of halogens is 2. The number of hydrogen-bond donors (Lipinski definition) is 1. The monoisotopic (exact) mass is 259 g/mol. The van der Waals surface area contributed by atoms with Gasteiger partial charge in [0.15, 0.2) is 0 Å². The fourth-order valence-corrected chi connectivity index (χ4v) is 1.92. The zero-order chi connectivity index (χ0) is 12.0. The molecule has 1 aromatic rings. The number of aryl methyl sites for hydroxylation is 1. The molecule has 16 heavy (non-hydrogen) atoms. The number of nitrogens with one attached hydrogen (secondary N) is 1. The summed E-state index contributed by atoms with van der Waals surface area (Å²) in [6, 6.07) is 5.88. The number of rotatable bonds is 6. The first kappa shape index (κ1) is 13.8. The molecule has 1 unspecified atom stereocenters. The number of hydrogen-bond acceptors (Lipinski definition) is 1. The fourth-order valence-electron chi connectivity index (χ4n) is 1.60. The van der Waals surface area contributed by atoms with Gasteiger partial charge in [-0.05, 0) is 49.5 Å². The van der Waals surface area contributed by atoms with Crippen molar-refractivity contribution in [3.63, 3.8) is 0 Å².